The third-order valence-corrected chi connectivity index (χ3v) is 3.88. The van der Waals surface area contributed by atoms with E-state index >= 15 is 0 Å². The van der Waals surface area contributed by atoms with Gasteiger partial charge in [0, 0.05) is 6.42 Å². The zero-order chi connectivity index (χ0) is 14.4. The molecule has 1 heterocycles. The van der Waals surface area contributed by atoms with Crippen LogP contribution in [0.25, 0.3) is 0 Å². The Bertz CT molecular complexity index is 454. The first-order chi connectivity index (χ1) is 9.76. The van der Waals surface area contributed by atoms with Crippen LogP contribution in [-0.2, 0) is 0 Å². The zero-order valence-corrected chi connectivity index (χ0v) is 12.5. The Labute approximate surface area is 121 Å². The summed E-state index contributed by atoms with van der Waals surface area (Å²) >= 11 is 0. The quantitative estimate of drug-likeness (QED) is 0.698. The molecular formula is C17H24O3. The van der Waals surface area contributed by atoms with Crippen LogP contribution in [0.4, 0.5) is 0 Å². The maximum Gasteiger partial charge on any atom is 0.172 e. The minimum atomic E-state index is 0.176. The molecule has 1 unspecified atom stereocenters. The summed E-state index contributed by atoms with van der Waals surface area (Å²) < 4.78 is 11.2. The van der Waals surface area contributed by atoms with Crippen molar-refractivity contribution in [3.63, 3.8) is 0 Å². The van der Waals surface area contributed by atoms with Gasteiger partial charge in [-0.25, -0.2) is 0 Å². The lowest BCUT2D eigenvalue weighted by Gasteiger charge is -2.21. The van der Waals surface area contributed by atoms with Crippen molar-refractivity contribution in [1.29, 1.82) is 0 Å². The molecule has 1 aliphatic heterocycles. The van der Waals surface area contributed by atoms with Crippen LogP contribution in [0.1, 0.15) is 56.3 Å². The normalized spacial score (nSPS) is 14.9. The van der Waals surface area contributed by atoms with Crippen LogP contribution in [0.3, 0.4) is 0 Å². The number of Topliss-reactive ketones (excluding diaryl/α,β-unsaturated/α-hetero) is 1. The Kier molecular flexibility index (Phi) is 5.45. The van der Waals surface area contributed by atoms with Gasteiger partial charge in [-0.15, -0.1) is 0 Å². The fourth-order valence-corrected chi connectivity index (χ4v) is 2.61. The van der Waals surface area contributed by atoms with Gasteiger partial charge in [0.25, 0.3) is 0 Å². The molecule has 2 rings (SSSR count). The SMILES string of the molecule is CCCCC(CC)CC(=O)c1cccc2c1OCCO2. The molecule has 20 heavy (non-hydrogen) atoms. The monoisotopic (exact) mass is 276 g/mol. The van der Waals surface area contributed by atoms with E-state index in [9.17, 15) is 4.79 Å². The van der Waals surface area contributed by atoms with Crippen LogP contribution >= 0.6 is 0 Å². The first-order valence-corrected chi connectivity index (χ1v) is 7.68. The minimum absolute atomic E-state index is 0.176. The molecule has 3 heteroatoms. The number of hydrogen-bond acceptors (Lipinski definition) is 3. The Hall–Kier alpha value is -1.51. The minimum Gasteiger partial charge on any atom is -0.486 e. The Morgan fingerprint density at radius 2 is 2.05 bits per heavy atom. The molecule has 1 aromatic rings. The van der Waals surface area contributed by atoms with Gasteiger partial charge in [-0.1, -0.05) is 45.6 Å². The van der Waals surface area contributed by atoms with E-state index in [2.05, 4.69) is 13.8 Å². The molecule has 0 N–H and O–H groups in total. The molecule has 110 valence electrons. The maximum absolute atomic E-state index is 12.5. The maximum atomic E-state index is 12.5. The number of rotatable bonds is 7. The zero-order valence-electron chi connectivity index (χ0n) is 12.5. The van der Waals surface area contributed by atoms with Crippen LogP contribution in [0.2, 0.25) is 0 Å². The molecule has 0 bridgehead atoms. The van der Waals surface area contributed by atoms with Gasteiger partial charge in [-0.05, 0) is 18.1 Å². The largest absolute Gasteiger partial charge is 0.486 e. The third-order valence-electron chi connectivity index (χ3n) is 3.88. The van der Waals surface area contributed by atoms with Gasteiger partial charge in [0.1, 0.15) is 13.2 Å². The van der Waals surface area contributed by atoms with Gasteiger partial charge in [0.15, 0.2) is 17.3 Å². The summed E-state index contributed by atoms with van der Waals surface area (Å²) in [6, 6.07) is 5.58. The first kappa shape index (κ1) is 14.9. The molecule has 0 aliphatic carbocycles. The highest BCUT2D eigenvalue weighted by Gasteiger charge is 2.22. The van der Waals surface area contributed by atoms with Crippen molar-refractivity contribution in [2.75, 3.05) is 13.2 Å². The topological polar surface area (TPSA) is 35.5 Å². The molecule has 3 nitrogen and oxygen atoms in total. The predicted molar refractivity (Wildman–Crippen MR) is 79.7 cm³/mol. The van der Waals surface area contributed by atoms with Gasteiger partial charge in [-0.2, -0.15) is 0 Å². The number of carbonyl (C=O) groups is 1. The molecule has 1 aromatic carbocycles. The summed E-state index contributed by atoms with van der Waals surface area (Å²) in [5, 5.41) is 0. The van der Waals surface area contributed by atoms with Crippen LogP contribution in [0.5, 0.6) is 11.5 Å². The molecule has 0 radical (unpaired) electrons. The van der Waals surface area contributed by atoms with E-state index in [1.54, 1.807) is 0 Å². The number of benzene rings is 1. The Morgan fingerprint density at radius 3 is 2.80 bits per heavy atom. The van der Waals surface area contributed by atoms with E-state index in [0.29, 0.717) is 42.6 Å². The van der Waals surface area contributed by atoms with E-state index < -0.39 is 0 Å². The summed E-state index contributed by atoms with van der Waals surface area (Å²) in [5.41, 5.74) is 0.678. The predicted octanol–water partition coefficient (Wildman–Crippen LogP) is 4.25. The second-order valence-corrected chi connectivity index (χ2v) is 5.37. The molecule has 0 saturated carbocycles. The third kappa shape index (κ3) is 3.53. The Balaban J connectivity index is 2.09. The van der Waals surface area contributed by atoms with Crippen molar-refractivity contribution in [3.8, 4) is 11.5 Å². The fourth-order valence-electron chi connectivity index (χ4n) is 2.61. The van der Waals surface area contributed by atoms with Gasteiger partial charge >= 0.3 is 0 Å². The second kappa shape index (κ2) is 7.32. The summed E-state index contributed by atoms with van der Waals surface area (Å²) in [4.78, 5) is 12.5. The highest BCUT2D eigenvalue weighted by atomic mass is 16.6. The fraction of sp³-hybridized carbons (Fsp3) is 0.588. The molecule has 0 aromatic heterocycles. The van der Waals surface area contributed by atoms with Crippen molar-refractivity contribution < 1.29 is 14.3 Å². The summed E-state index contributed by atoms with van der Waals surface area (Å²) in [7, 11) is 0. The Morgan fingerprint density at radius 1 is 1.25 bits per heavy atom. The van der Waals surface area contributed by atoms with Crippen molar-refractivity contribution in [1.82, 2.24) is 0 Å². The average Bonchev–Trinajstić information content (AvgIpc) is 2.50. The van der Waals surface area contributed by atoms with E-state index in [1.807, 2.05) is 18.2 Å². The van der Waals surface area contributed by atoms with Crippen LogP contribution in [0, 0.1) is 5.92 Å². The van der Waals surface area contributed by atoms with Crippen molar-refractivity contribution >= 4 is 5.78 Å². The number of fused-ring (bicyclic) bond motifs is 1. The highest BCUT2D eigenvalue weighted by molar-refractivity contribution is 5.99. The van der Waals surface area contributed by atoms with E-state index in [4.69, 9.17) is 9.47 Å². The van der Waals surface area contributed by atoms with Gasteiger partial charge < -0.3 is 9.47 Å². The van der Waals surface area contributed by atoms with Crippen LogP contribution in [-0.4, -0.2) is 19.0 Å². The summed E-state index contributed by atoms with van der Waals surface area (Å²) in [6.07, 6.45) is 5.17. The van der Waals surface area contributed by atoms with Crippen LogP contribution < -0.4 is 9.47 Å². The first-order valence-electron chi connectivity index (χ1n) is 7.68. The summed E-state index contributed by atoms with van der Waals surface area (Å²) in [5.74, 6) is 1.98. The number of ether oxygens (including phenoxy) is 2. The van der Waals surface area contributed by atoms with Gasteiger partial charge in [-0.3, -0.25) is 4.79 Å². The van der Waals surface area contributed by atoms with E-state index in [1.165, 1.54) is 12.8 Å². The molecular weight excluding hydrogens is 252 g/mol. The molecule has 0 saturated heterocycles. The van der Waals surface area contributed by atoms with Crippen molar-refractivity contribution in [2.24, 2.45) is 5.92 Å². The number of unbranched alkanes of at least 4 members (excludes halogenated alkanes) is 1. The van der Waals surface area contributed by atoms with Gasteiger partial charge in [0.05, 0.1) is 5.56 Å². The number of para-hydroxylation sites is 1. The van der Waals surface area contributed by atoms with Gasteiger partial charge in [0.2, 0.25) is 0 Å². The second-order valence-electron chi connectivity index (χ2n) is 5.37. The molecule has 0 spiro atoms. The lowest BCUT2D eigenvalue weighted by atomic mass is 9.91. The van der Waals surface area contributed by atoms with Crippen LogP contribution in [0.15, 0.2) is 18.2 Å². The number of hydrogen-bond donors (Lipinski definition) is 0. The lowest BCUT2D eigenvalue weighted by molar-refractivity contribution is 0.0946. The number of ketones is 1. The number of carbonyl (C=O) groups excluding carboxylic acids is 1. The standard InChI is InChI=1S/C17H24O3/c1-3-5-7-13(4-2)12-15(18)14-8-6-9-16-17(14)20-11-10-19-16/h6,8-9,13H,3-5,7,10-12H2,1-2H3. The lowest BCUT2D eigenvalue weighted by Crippen LogP contribution is -2.18. The molecule has 0 amide bonds. The molecule has 1 aliphatic rings. The summed E-state index contributed by atoms with van der Waals surface area (Å²) in [6.45, 7) is 5.42. The average molecular weight is 276 g/mol. The van der Waals surface area contributed by atoms with E-state index in [-0.39, 0.29) is 5.78 Å². The smallest absolute Gasteiger partial charge is 0.172 e. The molecule has 1 atom stereocenters. The molecule has 0 fully saturated rings. The van der Waals surface area contributed by atoms with E-state index in [0.717, 1.165) is 12.8 Å². The van der Waals surface area contributed by atoms with Crippen molar-refractivity contribution in [2.45, 2.75) is 46.0 Å². The van der Waals surface area contributed by atoms with Crippen molar-refractivity contribution in [3.05, 3.63) is 23.8 Å². The highest BCUT2D eigenvalue weighted by Crippen LogP contribution is 2.35.